The first-order valence-electron chi connectivity index (χ1n) is 4.22. The number of aromatic nitrogens is 2. The smallest absolute Gasteiger partial charge is 0.233 e. The van der Waals surface area contributed by atoms with Crippen LogP contribution in [0.4, 0.5) is 5.82 Å². The molecule has 0 saturated carbocycles. The molecule has 0 fully saturated rings. The molecular weight excluding hydrogens is 180 g/mol. The molecule has 2 rings (SSSR count). The molecule has 70 valence electrons. The van der Waals surface area contributed by atoms with Gasteiger partial charge in [-0.3, -0.25) is 9.69 Å². The first kappa shape index (κ1) is 8.63. The van der Waals surface area contributed by atoms with E-state index in [1.165, 1.54) is 4.90 Å². The Balaban J connectivity index is 2.45. The zero-order valence-corrected chi connectivity index (χ0v) is 7.69. The van der Waals surface area contributed by atoms with Crippen LogP contribution in [0.1, 0.15) is 11.4 Å². The number of fused-ring (bicyclic) bond motifs is 1. The Morgan fingerprint density at radius 3 is 3.21 bits per heavy atom. The van der Waals surface area contributed by atoms with Gasteiger partial charge in [0, 0.05) is 11.8 Å². The van der Waals surface area contributed by atoms with Gasteiger partial charge in [0.15, 0.2) is 0 Å². The molecule has 1 aliphatic heterocycles. The number of carbonyl (C=O) groups is 1. The SMILES string of the molecule is Cc1ncc2c(n1)N(CC#N)C(=O)C2. The van der Waals surface area contributed by atoms with E-state index in [0.29, 0.717) is 18.1 Å². The number of nitrogens with zero attached hydrogens (tertiary/aromatic N) is 4. The van der Waals surface area contributed by atoms with Gasteiger partial charge < -0.3 is 0 Å². The molecule has 0 bridgehead atoms. The summed E-state index contributed by atoms with van der Waals surface area (Å²) in [6.45, 7) is 1.82. The topological polar surface area (TPSA) is 69.9 Å². The molecule has 5 heteroatoms. The van der Waals surface area contributed by atoms with Crippen molar-refractivity contribution in [3.05, 3.63) is 17.6 Å². The fourth-order valence-electron chi connectivity index (χ4n) is 1.45. The highest BCUT2D eigenvalue weighted by Gasteiger charge is 2.28. The maximum absolute atomic E-state index is 11.4. The quantitative estimate of drug-likeness (QED) is 0.590. The van der Waals surface area contributed by atoms with Gasteiger partial charge in [-0.25, -0.2) is 9.97 Å². The second-order valence-corrected chi connectivity index (χ2v) is 3.08. The summed E-state index contributed by atoms with van der Waals surface area (Å²) >= 11 is 0. The van der Waals surface area contributed by atoms with Crippen LogP contribution < -0.4 is 4.90 Å². The molecule has 0 aromatic carbocycles. The molecule has 0 radical (unpaired) electrons. The van der Waals surface area contributed by atoms with Crippen LogP contribution in [0, 0.1) is 18.3 Å². The minimum absolute atomic E-state index is 0.0578. The fraction of sp³-hybridized carbons (Fsp3) is 0.333. The average Bonchev–Trinajstić information content (AvgIpc) is 2.45. The van der Waals surface area contributed by atoms with E-state index in [0.717, 1.165) is 5.56 Å². The highest BCUT2D eigenvalue weighted by Crippen LogP contribution is 2.25. The largest absolute Gasteiger partial charge is 0.282 e. The van der Waals surface area contributed by atoms with E-state index in [4.69, 9.17) is 5.26 Å². The molecule has 0 saturated heterocycles. The third kappa shape index (κ3) is 1.21. The van der Waals surface area contributed by atoms with Crippen LogP contribution in [-0.2, 0) is 11.2 Å². The Labute approximate surface area is 81.0 Å². The summed E-state index contributed by atoms with van der Waals surface area (Å²) in [4.78, 5) is 21.0. The van der Waals surface area contributed by atoms with Gasteiger partial charge >= 0.3 is 0 Å². The number of nitriles is 1. The van der Waals surface area contributed by atoms with Crippen molar-refractivity contribution in [2.45, 2.75) is 13.3 Å². The van der Waals surface area contributed by atoms with Crippen LogP contribution in [0.3, 0.4) is 0 Å². The minimum Gasteiger partial charge on any atom is -0.282 e. The summed E-state index contributed by atoms with van der Waals surface area (Å²) in [5.41, 5.74) is 0.802. The molecule has 5 nitrogen and oxygen atoms in total. The molecule has 0 N–H and O–H groups in total. The van der Waals surface area contributed by atoms with E-state index < -0.39 is 0 Å². The Bertz CT molecular complexity index is 435. The highest BCUT2D eigenvalue weighted by molar-refractivity contribution is 6.00. The van der Waals surface area contributed by atoms with Gasteiger partial charge in [0.25, 0.3) is 0 Å². The van der Waals surface area contributed by atoms with Gasteiger partial charge in [0.05, 0.1) is 12.5 Å². The number of rotatable bonds is 1. The number of hydrogen-bond acceptors (Lipinski definition) is 4. The summed E-state index contributed by atoms with van der Waals surface area (Å²) in [5.74, 6) is 1.12. The highest BCUT2D eigenvalue weighted by atomic mass is 16.2. The Hall–Kier alpha value is -1.96. The van der Waals surface area contributed by atoms with Crippen molar-refractivity contribution in [1.29, 1.82) is 5.26 Å². The monoisotopic (exact) mass is 188 g/mol. The predicted octanol–water partition coefficient (Wildman–Crippen LogP) is 0.198. The number of carbonyl (C=O) groups excluding carboxylic acids is 1. The van der Waals surface area contributed by atoms with Crippen molar-refractivity contribution in [2.75, 3.05) is 11.4 Å². The molecule has 1 aliphatic rings. The summed E-state index contributed by atoms with van der Waals surface area (Å²) in [5, 5.41) is 8.55. The van der Waals surface area contributed by atoms with Crippen LogP contribution in [0.2, 0.25) is 0 Å². The molecule has 1 aromatic heterocycles. The fourth-order valence-corrected chi connectivity index (χ4v) is 1.45. The Morgan fingerprint density at radius 1 is 1.71 bits per heavy atom. The number of hydrogen-bond donors (Lipinski definition) is 0. The molecular formula is C9H8N4O. The lowest BCUT2D eigenvalue weighted by molar-refractivity contribution is -0.117. The molecule has 14 heavy (non-hydrogen) atoms. The summed E-state index contributed by atoms with van der Waals surface area (Å²) in [7, 11) is 0. The van der Waals surface area contributed by atoms with E-state index in [1.807, 2.05) is 6.07 Å². The average molecular weight is 188 g/mol. The normalized spacial score (nSPS) is 14.0. The van der Waals surface area contributed by atoms with E-state index in [-0.39, 0.29) is 12.5 Å². The predicted molar refractivity (Wildman–Crippen MR) is 48.4 cm³/mol. The molecule has 0 aliphatic carbocycles. The zero-order chi connectivity index (χ0) is 10.1. The minimum atomic E-state index is -0.0820. The lowest BCUT2D eigenvalue weighted by atomic mass is 10.3. The van der Waals surface area contributed by atoms with Crippen molar-refractivity contribution in [1.82, 2.24) is 9.97 Å². The summed E-state index contributed by atoms with van der Waals surface area (Å²) < 4.78 is 0. The molecule has 0 unspecified atom stereocenters. The van der Waals surface area contributed by atoms with Crippen LogP contribution in [-0.4, -0.2) is 22.4 Å². The second-order valence-electron chi connectivity index (χ2n) is 3.08. The van der Waals surface area contributed by atoms with Crippen LogP contribution in [0.15, 0.2) is 6.20 Å². The third-order valence-electron chi connectivity index (χ3n) is 2.09. The lowest BCUT2D eigenvalue weighted by Crippen LogP contribution is -2.27. The molecule has 1 amide bonds. The third-order valence-corrected chi connectivity index (χ3v) is 2.09. The number of anilines is 1. The van der Waals surface area contributed by atoms with E-state index in [2.05, 4.69) is 9.97 Å². The van der Waals surface area contributed by atoms with Crippen molar-refractivity contribution in [3.8, 4) is 6.07 Å². The standard InChI is InChI=1S/C9H8N4O/c1-6-11-5-7-4-8(14)13(3-2-10)9(7)12-6/h5H,3-4H2,1H3. The van der Waals surface area contributed by atoms with Crippen molar-refractivity contribution in [3.63, 3.8) is 0 Å². The van der Waals surface area contributed by atoms with Gasteiger partial charge in [0.2, 0.25) is 5.91 Å². The van der Waals surface area contributed by atoms with Crippen LogP contribution in [0.25, 0.3) is 0 Å². The first-order valence-corrected chi connectivity index (χ1v) is 4.22. The molecule has 1 aromatic rings. The van der Waals surface area contributed by atoms with Gasteiger partial charge in [-0.2, -0.15) is 5.26 Å². The van der Waals surface area contributed by atoms with Crippen molar-refractivity contribution >= 4 is 11.7 Å². The van der Waals surface area contributed by atoms with Crippen molar-refractivity contribution < 1.29 is 4.79 Å². The van der Waals surface area contributed by atoms with Crippen LogP contribution >= 0.6 is 0 Å². The van der Waals surface area contributed by atoms with Crippen LogP contribution in [0.5, 0.6) is 0 Å². The number of aryl methyl sites for hydroxylation is 1. The molecule has 0 spiro atoms. The Kier molecular flexibility index (Phi) is 1.89. The van der Waals surface area contributed by atoms with Gasteiger partial charge in [-0.1, -0.05) is 0 Å². The van der Waals surface area contributed by atoms with Gasteiger partial charge in [-0.05, 0) is 6.92 Å². The zero-order valence-electron chi connectivity index (χ0n) is 7.69. The van der Waals surface area contributed by atoms with Gasteiger partial charge in [-0.15, -0.1) is 0 Å². The second kappa shape index (κ2) is 3.07. The molecule has 2 heterocycles. The lowest BCUT2D eigenvalue weighted by Gasteiger charge is -2.11. The van der Waals surface area contributed by atoms with Gasteiger partial charge in [0.1, 0.15) is 18.2 Å². The Morgan fingerprint density at radius 2 is 2.50 bits per heavy atom. The van der Waals surface area contributed by atoms with E-state index in [9.17, 15) is 4.79 Å². The maximum Gasteiger partial charge on any atom is 0.233 e. The molecule has 0 atom stereocenters. The number of amides is 1. The van der Waals surface area contributed by atoms with E-state index >= 15 is 0 Å². The summed E-state index contributed by atoms with van der Waals surface area (Å²) in [6.07, 6.45) is 1.95. The first-order chi connectivity index (χ1) is 6.72. The maximum atomic E-state index is 11.4. The van der Waals surface area contributed by atoms with E-state index in [1.54, 1.807) is 13.1 Å². The summed E-state index contributed by atoms with van der Waals surface area (Å²) in [6, 6.07) is 1.95. The van der Waals surface area contributed by atoms with Crippen molar-refractivity contribution in [2.24, 2.45) is 0 Å².